The van der Waals surface area contributed by atoms with Crippen LogP contribution in [0.3, 0.4) is 0 Å². The Labute approximate surface area is 156 Å². The van der Waals surface area contributed by atoms with Gasteiger partial charge >= 0.3 is 0 Å². The SMILES string of the molecule is O=C(NCCN=C1NS(=O)(=O)c2ccccc21)C1=Cc2ccccc2OC1. The van der Waals surface area contributed by atoms with E-state index in [1.807, 2.05) is 24.3 Å². The van der Waals surface area contributed by atoms with Crippen LogP contribution in [-0.2, 0) is 14.8 Å². The molecule has 0 radical (unpaired) electrons. The first-order valence-corrected chi connectivity index (χ1v) is 9.90. The van der Waals surface area contributed by atoms with Gasteiger partial charge in [-0.3, -0.25) is 14.5 Å². The lowest BCUT2D eigenvalue weighted by Crippen LogP contribution is -2.31. The van der Waals surface area contributed by atoms with Gasteiger partial charge in [-0.1, -0.05) is 30.3 Å². The molecule has 0 saturated heterocycles. The highest BCUT2D eigenvalue weighted by molar-refractivity contribution is 7.90. The predicted octanol–water partition coefficient (Wildman–Crippen LogP) is 1.32. The highest BCUT2D eigenvalue weighted by atomic mass is 32.2. The van der Waals surface area contributed by atoms with Gasteiger partial charge < -0.3 is 10.1 Å². The van der Waals surface area contributed by atoms with E-state index in [1.165, 1.54) is 6.07 Å². The van der Waals surface area contributed by atoms with Crippen LogP contribution in [0.1, 0.15) is 11.1 Å². The number of hydrogen-bond donors (Lipinski definition) is 2. The Kier molecular flexibility index (Phi) is 4.41. The normalized spacial score (nSPS) is 17.9. The van der Waals surface area contributed by atoms with Gasteiger partial charge in [0.15, 0.2) is 0 Å². The van der Waals surface area contributed by atoms with Crippen LogP contribution >= 0.6 is 0 Å². The Hall–Kier alpha value is -3.13. The molecule has 0 aliphatic carbocycles. The van der Waals surface area contributed by atoms with Gasteiger partial charge in [-0.15, -0.1) is 0 Å². The number of benzene rings is 2. The molecule has 2 N–H and O–H groups in total. The molecule has 7 nitrogen and oxygen atoms in total. The van der Waals surface area contributed by atoms with Crippen LogP contribution in [0.2, 0.25) is 0 Å². The maximum Gasteiger partial charge on any atom is 0.263 e. The number of fused-ring (bicyclic) bond motifs is 2. The van der Waals surface area contributed by atoms with E-state index < -0.39 is 10.0 Å². The highest BCUT2D eigenvalue weighted by Gasteiger charge is 2.29. The first-order valence-electron chi connectivity index (χ1n) is 8.42. The monoisotopic (exact) mass is 383 g/mol. The molecule has 1 amide bonds. The van der Waals surface area contributed by atoms with E-state index in [0.717, 1.165) is 11.3 Å². The molecule has 2 aliphatic heterocycles. The van der Waals surface area contributed by atoms with Crippen molar-refractivity contribution in [2.75, 3.05) is 19.7 Å². The van der Waals surface area contributed by atoms with Crippen LogP contribution in [0.4, 0.5) is 0 Å². The van der Waals surface area contributed by atoms with Crippen molar-refractivity contribution >= 4 is 27.8 Å². The number of ether oxygens (including phenoxy) is 1. The summed E-state index contributed by atoms with van der Waals surface area (Å²) in [6.07, 6.45) is 1.81. The van der Waals surface area contributed by atoms with Crippen molar-refractivity contribution in [2.24, 2.45) is 4.99 Å². The fraction of sp³-hybridized carbons (Fsp3) is 0.158. The standard InChI is InChI=1S/C19H17N3O4S/c23-19(14-11-13-5-1-3-7-16(13)26-12-14)21-10-9-20-18-15-6-2-4-8-17(15)27(24,25)22-18/h1-8,11H,9-10,12H2,(H,20,22)(H,21,23). The molecule has 27 heavy (non-hydrogen) atoms. The fourth-order valence-corrected chi connectivity index (χ4v) is 4.20. The third kappa shape index (κ3) is 3.43. The lowest BCUT2D eigenvalue weighted by atomic mass is 10.1. The van der Waals surface area contributed by atoms with E-state index in [2.05, 4.69) is 15.0 Å². The zero-order valence-corrected chi connectivity index (χ0v) is 15.1. The van der Waals surface area contributed by atoms with Crippen LogP contribution in [0, 0.1) is 0 Å². The summed E-state index contributed by atoms with van der Waals surface area (Å²) in [5.74, 6) is 0.832. The summed E-state index contributed by atoms with van der Waals surface area (Å²) < 4.78 is 32.1. The molecule has 8 heteroatoms. The van der Waals surface area contributed by atoms with E-state index in [4.69, 9.17) is 4.74 Å². The minimum absolute atomic E-state index is 0.213. The molecule has 2 aromatic carbocycles. The lowest BCUT2D eigenvalue weighted by Gasteiger charge is -2.17. The number of carbonyl (C=O) groups is 1. The molecule has 2 heterocycles. The Balaban J connectivity index is 1.38. The summed E-state index contributed by atoms with van der Waals surface area (Å²) in [5.41, 5.74) is 1.95. The van der Waals surface area contributed by atoms with Crippen LogP contribution in [0.5, 0.6) is 5.75 Å². The second kappa shape index (κ2) is 6.88. The third-order valence-corrected chi connectivity index (χ3v) is 5.65. The average molecular weight is 383 g/mol. The number of aliphatic imine (C=N–C) groups is 1. The fourth-order valence-electron chi connectivity index (χ4n) is 2.95. The van der Waals surface area contributed by atoms with Crippen LogP contribution < -0.4 is 14.8 Å². The molecule has 0 spiro atoms. The largest absolute Gasteiger partial charge is 0.488 e. The van der Waals surface area contributed by atoms with Crippen molar-refractivity contribution in [1.82, 2.24) is 10.0 Å². The summed E-state index contributed by atoms with van der Waals surface area (Å²) in [7, 11) is -3.55. The van der Waals surface area contributed by atoms with E-state index in [-0.39, 0.29) is 30.5 Å². The van der Waals surface area contributed by atoms with Gasteiger partial charge in [-0.2, -0.15) is 0 Å². The lowest BCUT2D eigenvalue weighted by molar-refractivity contribution is -0.117. The number of nitrogens with zero attached hydrogens (tertiary/aromatic N) is 1. The number of sulfonamides is 1. The average Bonchev–Trinajstić information content (AvgIpc) is 2.95. The van der Waals surface area contributed by atoms with E-state index >= 15 is 0 Å². The zero-order chi connectivity index (χ0) is 18.9. The topological polar surface area (TPSA) is 96.9 Å². The molecular formula is C19H17N3O4S. The quantitative estimate of drug-likeness (QED) is 0.778. The molecule has 0 bridgehead atoms. The van der Waals surface area contributed by atoms with Crippen molar-refractivity contribution < 1.29 is 17.9 Å². The highest BCUT2D eigenvalue weighted by Crippen LogP contribution is 2.25. The molecule has 0 aromatic heterocycles. The summed E-state index contributed by atoms with van der Waals surface area (Å²) in [6, 6.07) is 14.2. The molecular weight excluding hydrogens is 366 g/mol. The van der Waals surface area contributed by atoms with Gasteiger partial charge in [0.1, 0.15) is 18.2 Å². The number of carbonyl (C=O) groups excluding carboxylic acids is 1. The first kappa shape index (κ1) is 17.3. The molecule has 138 valence electrons. The molecule has 0 saturated carbocycles. The van der Waals surface area contributed by atoms with Crippen LogP contribution in [0.25, 0.3) is 6.08 Å². The Bertz CT molecular complexity index is 1070. The maximum atomic E-state index is 12.3. The summed E-state index contributed by atoms with van der Waals surface area (Å²) >= 11 is 0. The van der Waals surface area contributed by atoms with E-state index in [1.54, 1.807) is 24.3 Å². The van der Waals surface area contributed by atoms with E-state index in [9.17, 15) is 13.2 Å². The number of amidine groups is 1. The molecule has 2 aliphatic rings. The van der Waals surface area contributed by atoms with Crippen molar-refractivity contribution in [3.05, 3.63) is 65.2 Å². The minimum Gasteiger partial charge on any atom is -0.488 e. The number of amides is 1. The summed E-state index contributed by atoms with van der Waals surface area (Å²) in [5, 5.41) is 2.78. The predicted molar refractivity (Wildman–Crippen MR) is 101 cm³/mol. The second-order valence-electron chi connectivity index (χ2n) is 6.08. The third-order valence-electron chi connectivity index (χ3n) is 4.25. The van der Waals surface area contributed by atoms with Crippen molar-refractivity contribution in [1.29, 1.82) is 0 Å². The minimum atomic E-state index is -3.55. The first-order chi connectivity index (χ1) is 13.0. The van der Waals surface area contributed by atoms with Gasteiger partial charge in [0.2, 0.25) is 0 Å². The number of hydrogen-bond acceptors (Lipinski definition) is 5. The van der Waals surface area contributed by atoms with Crippen molar-refractivity contribution in [2.45, 2.75) is 4.90 Å². The molecule has 4 rings (SSSR count). The van der Waals surface area contributed by atoms with Crippen molar-refractivity contribution in [3.63, 3.8) is 0 Å². The van der Waals surface area contributed by atoms with E-state index in [0.29, 0.717) is 17.0 Å². The molecule has 2 aromatic rings. The van der Waals surface area contributed by atoms with Crippen LogP contribution in [-0.4, -0.2) is 39.9 Å². The maximum absolute atomic E-state index is 12.3. The van der Waals surface area contributed by atoms with Gasteiger partial charge in [0.25, 0.3) is 15.9 Å². The van der Waals surface area contributed by atoms with Gasteiger partial charge in [0, 0.05) is 17.7 Å². The van der Waals surface area contributed by atoms with Gasteiger partial charge in [0.05, 0.1) is 17.0 Å². The van der Waals surface area contributed by atoms with Crippen LogP contribution in [0.15, 0.2) is 64.0 Å². The van der Waals surface area contributed by atoms with Crippen molar-refractivity contribution in [3.8, 4) is 5.75 Å². The molecule has 0 atom stereocenters. The molecule has 0 fully saturated rings. The Morgan fingerprint density at radius 1 is 1.15 bits per heavy atom. The second-order valence-corrected chi connectivity index (χ2v) is 7.73. The van der Waals surface area contributed by atoms with Gasteiger partial charge in [-0.25, -0.2) is 8.42 Å². The Morgan fingerprint density at radius 2 is 1.93 bits per heavy atom. The number of rotatable bonds is 4. The number of nitrogens with one attached hydrogen (secondary N) is 2. The smallest absolute Gasteiger partial charge is 0.263 e. The Morgan fingerprint density at radius 3 is 2.81 bits per heavy atom. The molecule has 0 unspecified atom stereocenters. The number of para-hydroxylation sites is 1. The zero-order valence-electron chi connectivity index (χ0n) is 14.3. The summed E-state index contributed by atoms with van der Waals surface area (Å²) in [4.78, 5) is 16.8. The summed E-state index contributed by atoms with van der Waals surface area (Å²) in [6.45, 7) is 0.748. The van der Waals surface area contributed by atoms with Gasteiger partial charge in [-0.05, 0) is 24.3 Å².